The second-order valence-electron chi connectivity index (χ2n) is 11.7. The fourth-order valence-electron chi connectivity index (χ4n) is 5.85. The maximum atomic E-state index is 12.7. The van der Waals surface area contributed by atoms with Crippen molar-refractivity contribution in [2.45, 2.75) is 79.2 Å². The summed E-state index contributed by atoms with van der Waals surface area (Å²) in [5.74, 6) is 1.03. The van der Waals surface area contributed by atoms with Gasteiger partial charge in [0.15, 0.2) is 11.2 Å². The van der Waals surface area contributed by atoms with Gasteiger partial charge >= 0.3 is 0 Å². The first-order chi connectivity index (χ1) is 22.9. The van der Waals surface area contributed by atoms with Crippen LogP contribution in [0.2, 0.25) is 0 Å². The van der Waals surface area contributed by atoms with Crippen LogP contribution >= 0.6 is 0 Å². The summed E-state index contributed by atoms with van der Waals surface area (Å²) in [5.41, 5.74) is 4.09. The van der Waals surface area contributed by atoms with Gasteiger partial charge in [0.1, 0.15) is 5.65 Å². The molecule has 10 heteroatoms. The lowest BCUT2D eigenvalue weighted by atomic mass is 10.1. The van der Waals surface area contributed by atoms with E-state index in [9.17, 15) is 9.59 Å². The van der Waals surface area contributed by atoms with Crippen LogP contribution in [0.15, 0.2) is 63.9 Å². The van der Waals surface area contributed by atoms with Crippen LogP contribution in [-0.2, 0) is 4.74 Å². The molecule has 2 aliphatic rings. The van der Waals surface area contributed by atoms with Gasteiger partial charge in [0.2, 0.25) is 17.5 Å². The van der Waals surface area contributed by atoms with Crippen LogP contribution in [0.5, 0.6) is 0 Å². The fourth-order valence-corrected chi connectivity index (χ4v) is 5.85. The van der Waals surface area contributed by atoms with E-state index in [0.717, 1.165) is 48.0 Å². The average Bonchev–Trinajstić information content (AvgIpc) is 3.78. The number of ether oxygens (including phenoxy) is 1. The lowest BCUT2D eigenvalue weighted by Crippen LogP contribution is -2.36. The normalized spacial score (nSPS) is 14.8. The van der Waals surface area contributed by atoms with Gasteiger partial charge in [0.05, 0.1) is 30.0 Å². The molecule has 1 aromatic carbocycles. The zero-order valence-corrected chi connectivity index (χ0v) is 28.2. The molecule has 47 heavy (non-hydrogen) atoms. The van der Waals surface area contributed by atoms with Crippen molar-refractivity contribution in [2.24, 2.45) is 0 Å². The SMILES string of the molecule is CC.CC(=O)c1cc2cnc(Nc3ccc(-c4ccc5c(=O)cc(N6CCOCC6)oc5n4)cc3)nc2n1C1CCCC1.CCCC. The van der Waals surface area contributed by atoms with Crippen molar-refractivity contribution in [1.82, 2.24) is 19.5 Å². The zero-order valence-electron chi connectivity index (χ0n) is 28.2. The molecule has 1 aliphatic heterocycles. The topological polar surface area (TPSA) is 115 Å². The molecule has 0 amide bonds. The van der Waals surface area contributed by atoms with E-state index in [1.54, 1.807) is 19.2 Å². The third-order valence-electron chi connectivity index (χ3n) is 8.47. The third-order valence-corrected chi connectivity index (χ3v) is 8.47. The van der Waals surface area contributed by atoms with Crippen molar-refractivity contribution in [3.63, 3.8) is 0 Å². The fraction of sp³-hybridized carbons (Fsp3) is 0.432. The van der Waals surface area contributed by atoms with Gasteiger partial charge in [-0.2, -0.15) is 4.98 Å². The highest BCUT2D eigenvalue weighted by molar-refractivity contribution is 5.98. The average molecular weight is 639 g/mol. The number of carbonyl (C=O) groups excluding carboxylic acids is 1. The first kappa shape index (κ1) is 33.8. The lowest BCUT2D eigenvalue weighted by Gasteiger charge is -2.27. The number of pyridine rings is 1. The van der Waals surface area contributed by atoms with E-state index < -0.39 is 0 Å². The van der Waals surface area contributed by atoms with Crippen LogP contribution in [0.1, 0.15) is 89.7 Å². The van der Waals surface area contributed by atoms with Crippen LogP contribution in [-0.4, -0.2) is 51.6 Å². The number of benzene rings is 1. The van der Waals surface area contributed by atoms with E-state index in [0.29, 0.717) is 60.6 Å². The Kier molecular flexibility index (Phi) is 11.4. The number of unbranched alkanes of at least 4 members (excludes halogenated alkanes) is 1. The Labute approximate surface area is 276 Å². The number of ketones is 1. The van der Waals surface area contributed by atoms with Crippen LogP contribution in [0.3, 0.4) is 0 Å². The molecule has 1 saturated carbocycles. The zero-order chi connectivity index (χ0) is 33.3. The summed E-state index contributed by atoms with van der Waals surface area (Å²) in [4.78, 5) is 41.1. The molecule has 0 bridgehead atoms. The van der Waals surface area contributed by atoms with Gasteiger partial charge < -0.3 is 23.9 Å². The minimum Gasteiger partial charge on any atom is -0.422 e. The van der Waals surface area contributed by atoms with Crippen molar-refractivity contribution in [2.75, 3.05) is 36.5 Å². The Bertz CT molecular complexity index is 1850. The Hall–Kier alpha value is -4.57. The summed E-state index contributed by atoms with van der Waals surface area (Å²) in [6.45, 7) is 12.5. The summed E-state index contributed by atoms with van der Waals surface area (Å²) >= 11 is 0. The van der Waals surface area contributed by atoms with Crippen molar-refractivity contribution < 1.29 is 13.9 Å². The Morgan fingerprint density at radius 2 is 1.66 bits per heavy atom. The number of aromatic nitrogens is 4. The number of hydrogen-bond donors (Lipinski definition) is 1. The van der Waals surface area contributed by atoms with Crippen molar-refractivity contribution in [1.29, 1.82) is 0 Å². The van der Waals surface area contributed by atoms with Crippen LogP contribution in [0.25, 0.3) is 33.4 Å². The standard InChI is InChI=1S/C31H30N6O4.C4H10.C2H6/c1-19(38)26-16-21-18-32-31(35-29(21)37(26)23-4-2-3-5-23)33-22-8-6-20(7-9-22)25-11-10-24-27(39)17-28(41-30(24)34-25)36-12-14-40-15-13-36;1-3-4-2;1-2/h6-11,16-18,23H,2-5,12-15H2,1H3,(H,32,33,35);3-4H2,1-2H3;1-2H3. The molecule has 10 nitrogen and oxygen atoms in total. The molecule has 0 unspecified atom stereocenters. The van der Waals surface area contributed by atoms with E-state index >= 15 is 0 Å². The number of nitrogens with zero attached hydrogens (tertiary/aromatic N) is 5. The Morgan fingerprint density at radius 3 is 2.32 bits per heavy atom. The third kappa shape index (κ3) is 7.71. The van der Waals surface area contributed by atoms with E-state index in [1.165, 1.54) is 18.9 Å². The lowest BCUT2D eigenvalue weighted by molar-refractivity contribution is 0.100. The highest BCUT2D eigenvalue weighted by Crippen LogP contribution is 2.35. The van der Waals surface area contributed by atoms with Crippen molar-refractivity contribution in [3.05, 3.63) is 70.6 Å². The number of morpholine rings is 1. The maximum absolute atomic E-state index is 12.7. The van der Waals surface area contributed by atoms with Crippen molar-refractivity contribution in [3.8, 4) is 11.3 Å². The van der Waals surface area contributed by atoms with E-state index in [1.807, 2.05) is 55.1 Å². The molecule has 0 atom stereocenters. The van der Waals surface area contributed by atoms with Gasteiger partial charge in [-0.05, 0) is 43.2 Å². The van der Waals surface area contributed by atoms with Gasteiger partial charge in [-0.25, -0.2) is 9.97 Å². The van der Waals surface area contributed by atoms with Gasteiger partial charge in [0, 0.05) is 55.0 Å². The number of Topliss-reactive ketones (excluding diaryl/α,β-unsaturated/α-hetero) is 1. The van der Waals surface area contributed by atoms with Crippen LogP contribution in [0.4, 0.5) is 17.5 Å². The summed E-state index contributed by atoms with van der Waals surface area (Å²) in [6.07, 6.45) is 8.85. The number of rotatable bonds is 7. The molecule has 1 N–H and O–H groups in total. The summed E-state index contributed by atoms with van der Waals surface area (Å²) < 4.78 is 13.6. The molecule has 4 aromatic heterocycles. The highest BCUT2D eigenvalue weighted by atomic mass is 16.5. The smallest absolute Gasteiger partial charge is 0.233 e. The summed E-state index contributed by atoms with van der Waals surface area (Å²) in [7, 11) is 0. The van der Waals surface area contributed by atoms with Crippen LogP contribution in [0, 0.1) is 0 Å². The van der Waals surface area contributed by atoms with E-state index in [2.05, 4.69) is 33.7 Å². The number of nitrogens with one attached hydrogen (secondary N) is 1. The number of anilines is 3. The predicted molar refractivity (Wildman–Crippen MR) is 189 cm³/mol. The monoisotopic (exact) mass is 638 g/mol. The molecule has 248 valence electrons. The summed E-state index contributed by atoms with van der Waals surface area (Å²) in [6, 6.07) is 15.1. The Morgan fingerprint density at radius 1 is 0.957 bits per heavy atom. The van der Waals surface area contributed by atoms with Gasteiger partial charge in [0.25, 0.3) is 0 Å². The van der Waals surface area contributed by atoms with Gasteiger partial charge in [-0.3, -0.25) is 9.59 Å². The van der Waals surface area contributed by atoms with Crippen molar-refractivity contribution >= 4 is 45.4 Å². The molecule has 1 aliphatic carbocycles. The number of hydrogen-bond acceptors (Lipinski definition) is 9. The maximum Gasteiger partial charge on any atom is 0.233 e. The minimum atomic E-state index is -0.113. The number of fused-ring (bicyclic) bond motifs is 2. The second-order valence-corrected chi connectivity index (χ2v) is 11.7. The second kappa shape index (κ2) is 15.8. The minimum absolute atomic E-state index is 0.0406. The molecule has 0 radical (unpaired) electrons. The van der Waals surface area contributed by atoms with Gasteiger partial charge in [-0.1, -0.05) is 65.5 Å². The molecular formula is C37H46N6O4. The van der Waals surface area contributed by atoms with E-state index in [-0.39, 0.29) is 17.3 Å². The van der Waals surface area contributed by atoms with E-state index in [4.69, 9.17) is 14.1 Å². The molecule has 1 saturated heterocycles. The highest BCUT2D eigenvalue weighted by Gasteiger charge is 2.24. The quantitative estimate of drug-likeness (QED) is 0.176. The molecule has 2 fully saturated rings. The number of carbonyl (C=O) groups is 1. The first-order valence-corrected chi connectivity index (χ1v) is 17.0. The predicted octanol–water partition coefficient (Wildman–Crippen LogP) is 8.33. The molecule has 5 heterocycles. The first-order valence-electron chi connectivity index (χ1n) is 17.0. The molecule has 5 aromatic rings. The Balaban J connectivity index is 0.000000674. The summed E-state index contributed by atoms with van der Waals surface area (Å²) in [5, 5.41) is 4.62. The van der Waals surface area contributed by atoms with Crippen LogP contribution < -0.4 is 15.6 Å². The van der Waals surface area contributed by atoms with Gasteiger partial charge in [-0.15, -0.1) is 0 Å². The molecule has 7 rings (SSSR count). The molecular weight excluding hydrogens is 592 g/mol. The molecule has 0 spiro atoms. The largest absolute Gasteiger partial charge is 0.422 e.